The van der Waals surface area contributed by atoms with E-state index < -0.39 is 0 Å². The zero-order chi connectivity index (χ0) is 16.5. The summed E-state index contributed by atoms with van der Waals surface area (Å²) in [5, 5.41) is 10.2. The molecule has 0 amide bonds. The molecule has 1 N–H and O–H groups in total. The molecule has 0 aromatic carbocycles. The van der Waals surface area contributed by atoms with E-state index in [0.29, 0.717) is 6.54 Å². The number of hydrogen-bond acceptors (Lipinski definition) is 5. The van der Waals surface area contributed by atoms with E-state index in [0.717, 1.165) is 70.3 Å². The van der Waals surface area contributed by atoms with Gasteiger partial charge in [0.15, 0.2) is 0 Å². The second kappa shape index (κ2) is 9.88. The van der Waals surface area contributed by atoms with Crippen molar-refractivity contribution in [3.05, 3.63) is 36.3 Å². The fourth-order valence-electron chi connectivity index (χ4n) is 2.83. The molecule has 0 spiro atoms. The van der Waals surface area contributed by atoms with E-state index >= 15 is 0 Å². The maximum atomic E-state index is 10.2. The number of morpholine rings is 1. The Morgan fingerprint density at radius 2 is 2.17 bits per heavy atom. The number of nitrogens with zero attached hydrogens (tertiary/aromatic N) is 2. The minimum absolute atomic E-state index is 0.325. The molecule has 0 radical (unpaired) electrons. The maximum absolute atomic E-state index is 10.2. The molecule has 5 heteroatoms. The van der Waals surface area contributed by atoms with Gasteiger partial charge in [0.25, 0.3) is 0 Å². The van der Waals surface area contributed by atoms with Gasteiger partial charge in [-0.15, -0.1) is 6.58 Å². The molecule has 23 heavy (non-hydrogen) atoms. The van der Waals surface area contributed by atoms with Gasteiger partial charge < -0.3 is 14.3 Å². The third kappa shape index (κ3) is 6.87. The van der Waals surface area contributed by atoms with Crippen molar-refractivity contribution >= 4 is 0 Å². The largest absolute Gasteiger partial charge is 0.465 e. The molecule has 1 fully saturated rings. The molecule has 0 bridgehead atoms. The van der Waals surface area contributed by atoms with E-state index in [1.54, 1.807) is 0 Å². The van der Waals surface area contributed by atoms with Crippen LogP contribution in [0.5, 0.6) is 0 Å². The van der Waals surface area contributed by atoms with Gasteiger partial charge >= 0.3 is 0 Å². The summed E-state index contributed by atoms with van der Waals surface area (Å²) in [4.78, 5) is 4.70. The predicted molar refractivity (Wildman–Crippen MR) is 91.4 cm³/mol. The predicted octanol–water partition coefficient (Wildman–Crippen LogP) is 2.05. The van der Waals surface area contributed by atoms with E-state index in [4.69, 9.17) is 9.15 Å². The Labute approximate surface area is 139 Å². The normalized spacial score (nSPS) is 17.5. The first kappa shape index (κ1) is 18.2. The smallest absolute Gasteiger partial charge is 0.118 e. The van der Waals surface area contributed by atoms with Gasteiger partial charge in [0, 0.05) is 32.7 Å². The lowest BCUT2D eigenvalue weighted by Gasteiger charge is -2.30. The molecule has 0 aliphatic carbocycles. The monoisotopic (exact) mass is 322 g/mol. The lowest BCUT2D eigenvalue weighted by atomic mass is 10.2. The molecule has 1 aliphatic heterocycles. The molecule has 1 atom stereocenters. The molecule has 0 saturated carbocycles. The molecule has 1 unspecified atom stereocenters. The first-order valence-corrected chi connectivity index (χ1v) is 8.54. The maximum Gasteiger partial charge on any atom is 0.118 e. The van der Waals surface area contributed by atoms with Crippen molar-refractivity contribution in [2.75, 3.05) is 45.9 Å². The SMILES string of the molecule is C=CCCC(O)CN(CCN1CCOCC1)Cc1ccc(C)o1. The molecule has 5 nitrogen and oxygen atoms in total. The average Bonchev–Trinajstić information content (AvgIpc) is 2.96. The van der Waals surface area contributed by atoms with Crippen molar-refractivity contribution in [3.8, 4) is 0 Å². The highest BCUT2D eigenvalue weighted by Crippen LogP contribution is 2.11. The number of rotatable bonds is 10. The van der Waals surface area contributed by atoms with Crippen LogP contribution in [-0.2, 0) is 11.3 Å². The second-order valence-corrected chi connectivity index (χ2v) is 6.22. The van der Waals surface area contributed by atoms with Crippen molar-refractivity contribution in [1.29, 1.82) is 0 Å². The topological polar surface area (TPSA) is 49.1 Å². The van der Waals surface area contributed by atoms with Gasteiger partial charge in [0.05, 0.1) is 25.9 Å². The molecular formula is C18H30N2O3. The van der Waals surface area contributed by atoms with E-state index in [1.165, 1.54) is 0 Å². The highest BCUT2D eigenvalue weighted by atomic mass is 16.5. The first-order chi connectivity index (χ1) is 11.2. The van der Waals surface area contributed by atoms with E-state index in [1.807, 2.05) is 25.1 Å². The summed E-state index contributed by atoms with van der Waals surface area (Å²) in [5.74, 6) is 1.89. The standard InChI is InChI=1S/C18H30N2O3/c1-3-4-5-17(21)14-20(15-18-7-6-16(2)23-18)9-8-19-10-12-22-13-11-19/h3,6-7,17,21H,1,4-5,8-15H2,2H3. The highest BCUT2D eigenvalue weighted by molar-refractivity contribution is 5.05. The van der Waals surface area contributed by atoms with Gasteiger partial charge in [-0.25, -0.2) is 0 Å². The molecule has 1 aromatic heterocycles. The Morgan fingerprint density at radius 3 is 2.83 bits per heavy atom. The third-order valence-electron chi connectivity index (χ3n) is 4.18. The van der Waals surface area contributed by atoms with E-state index in [9.17, 15) is 5.11 Å². The Kier molecular flexibility index (Phi) is 7.82. The van der Waals surface area contributed by atoms with E-state index in [-0.39, 0.29) is 6.10 Å². The fraction of sp³-hybridized carbons (Fsp3) is 0.667. The Bertz CT molecular complexity index is 455. The number of hydrogen-bond donors (Lipinski definition) is 1. The number of furan rings is 1. The van der Waals surface area contributed by atoms with Crippen LogP contribution >= 0.6 is 0 Å². The van der Waals surface area contributed by atoms with Gasteiger partial charge in [0.1, 0.15) is 11.5 Å². The summed E-state index contributed by atoms with van der Waals surface area (Å²) in [6.45, 7) is 12.6. The van der Waals surface area contributed by atoms with Crippen LogP contribution in [-0.4, -0.2) is 66.9 Å². The Morgan fingerprint density at radius 1 is 1.39 bits per heavy atom. The van der Waals surface area contributed by atoms with Crippen molar-refractivity contribution in [2.45, 2.75) is 32.4 Å². The van der Waals surface area contributed by atoms with Gasteiger partial charge in [-0.1, -0.05) is 6.08 Å². The fourth-order valence-corrected chi connectivity index (χ4v) is 2.83. The number of ether oxygens (including phenoxy) is 1. The zero-order valence-electron chi connectivity index (χ0n) is 14.2. The van der Waals surface area contributed by atoms with Crippen molar-refractivity contribution in [3.63, 3.8) is 0 Å². The summed E-state index contributed by atoms with van der Waals surface area (Å²) >= 11 is 0. The summed E-state index contributed by atoms with van der Waals surface area (Å²) in [5.41, 5.74) is 0. The molecule has 130 valence electrons. The van der Waals surface area contributed by atoms with Crippen LogP contribution in [0.2, 0.25) is 0 Å². The lowest BCUT2D eigenvalue weighted by molar-refractivity contribution is 0.0281. The quantitative estimate of drug-likeness (QED) is 0.668. The molecule has 1 saturated heterocycles. The second-order valence-electron chi connectivity index (χ2n) is 6.22. The zero-order valence-corrected chi connectivity index (χ0v) is 14.2. The first-order valence-electron chi connectivity index (χ1n) is 8.54. The van der Waals surface area contributed by atoms with Crippen molar-refractivity contribution in [2.24, 2.45) is 0 Å². The van der Waals surface area contributed by atoms with Crippen LogP contribution in [0.4, 0.5) is 0 Å². The number of aliphatic hydroxyl groups excluding tert-OH is 1. The lowest BCUT2D eigenvalue weighted by Crippen LogP contribution is -2.42. The van der Waals surface area contributed by atoms with Gasteiger partial charge in [-0.05, 0) is 31.9 Å². The van der Waals surface area contributed by atoms with Gasteiger partial charge in [0.2, 0.25) is 0 Å². The molecule has 2 rings (SSSR count). The third-order valence-corrected chi connectivity index (χ3v) is 4.18. The van der Waals surface area contributed by atoms with Crippen LogP contribution in [0.25, 0.3) is 0 Å². The van der Waals surface area contributed by atoms with Crippen molar-refractivity contribution in [1.82, 2.24) is 9.80 Å². The van der Waals surface area contributed by atoms with Crippen molar-refractivity contribution < 1.29 is 14.3 Å². The summed E-state index contributed by atoms with van der Waals surface area (Å²) in [7, 11) is 0. The highest BCUT2D eigenvalue weighted by Gasteiger charge is 2.16. The number of aryl methyl sites for hydroxylation is 1. The minimum Gasteiger partial charge on any atom is -0.465 e. The molecule has 2 heterocycles. The van der Waals surface area contributed by atoms with Crippen LogP contribution in [0.15, 0.2) is 29.2 Å². The molecule has 1 aromatic rings. The van der Waals surface area contributed by atoms with Crippen LogP contribution in [0, 0.1) is 6.92 Å². The van der Waals surface area contributed by atoms with Crippen LogP contribution < -0.4 is 0 Å². The van der Waals surface area contributed by atoms with Gasteiger partial charge in [-0.2, -0.15) is 0 Å². The van der Waals surface area contributed by atoms with E-state index in [2.05, 4.69) is 16.4 Å². The van der Waals surface area contributed by atoms with Crippen LogP contribution in [0.3, 0.4) is 0 Å². The minimum atomic E-state index is -0.325. The van der Waals surface area contributed by atoms with Gasteiger partial charge in [-0.3, -0.25) is 9.80 Å². The Balaban J connectivity index is 1.85. The Hall–Kier alpha value is -1.14. The molecular weight excluding hydrogens is 292 g/mol. The average molecular weight is 322 g/mol. The number of allylic oxidation sites excluding steroid dienone is 1. The molecule has 1 aliphatic rings. The summed E-state index contributed by atoms with van der Waals surface area (Å²) in [6.07, 6.45) is 3.14. The summed E-state index contributed by atoms with van der Waals surface area (Å²) in [6, 6.07) is 4.01. The number of aliphatic hydroxyl groups is 1. The van der Waals surface area contributed by atoms with Crippen LogP contribution in [0.1, 0.15) is 24.4 Å². The summed E-state index contributed by atoms with van der Waals surface area (Å²) < 4.78 is 11.1.